The van der Waals surface area contributed by atoms with Gasteiger partial charge in [-0.3, -0.25) is 15.0 Å². The number of nitrogens with zero attached hydrogens (tertiary/aromatic N) is 5. The third-order valence-electron chi connectivity index (χ3n) is 5.70. The van der Waals surface area contributed by atoms with Crippen LogP contribution in [-0.2, 0) is 21.5 Å². The Morgan fingerprint density at radius 3 is 2.83 bits per heavy atom. The zero-order chi connectivity index (χ0) is 20.6. The number of hydrogen-bond acceptors (Lipinski definition) is 9. The summed E-state index contributed by atoms with van der Waals surface area (Å²) in [6.07, 6.45) is 11.0. The number of carbonyl (C=O) groups excluding carboxylic acids is 1. The maximum absolute atomic E-state index is 11.8. The topological polar surface area (TPSA) is 90.3 Å². The molecule has 0 saturated carbocycles. The summed E-state index contributed by atoms with van der Waals surface area (Å²) in [7, 11) is 1.34. The number of fused-ring (bicyclic) bond motifs is 2. The van der Waals surface area contributed by atoms with E-state index in [9.17, 15) is 4.79 Å². The van der Waals surface area contributed by atoms with Crippen LogP contribution < -0.4 is 4.90 Å². The van der Waals surface area contributed by atoms with E-state index in [1.807, 2.05) is 0 Å². The molecule has 1 fully saturated rings. The van der Waals surface area contributed by atoms with Crippen LogP contribution in [0.2, 0.25) is 0 Å². The molecule has 0 radical (unpaired) electrons. The van der Waals surface area contributed by atoms with Crippen LogP contribution in [-0.4, -0.2) is 52.7 Å². The Balaban J connectivity index is 1.38. The molecule has 8 nitrogen and oxygen atoms in total. The van der Waals surface area contributed by atoms with Gasteiger partial charge in [0.1, 0.15) is 11.4 Å². The van der Waals surface area contributed by atoms with Gasteiger partial charge in [0.2, 0.25) is 0 Å². The van der Waals surface area contributed by atoms with E-state index in [0.717, 1.165) is 49.5 Å². The molecule has 2 aliphatic rings. The lowest BCUT2D eigenvalue weighted by Gasteiger charge is -2.44. The van der Waals surface area contributed by atoms with Crippen molar-refractivity contribution in [3.63, 3.8) is 0 Å². The number of ether oxygens (including phenoxy) is 2. The second kappa shape index (κ2) is 7.73. The van der Waals surface area contributed by atoms with Gasteiger partial charge in [-0.25, -0.2) is 9.78 Å². The summed E-state index contributed by atoms with van der Waals surface area (Å²) in [6, 6.07) is 2.24. The standard InChI is InChI=1S/C21H21N5O3S/c1-28-20(27)16-12-23-13-18(25-16)26-7-3-21(4-8-26)19-14(2-9-29-21)10-17(30-19)15-11-22-5-6-24-15/h5-6,10-13H,2-4,7-9H2,1H3. The van der Waals surface area contributed by atoms with Crippen molar-refractivity contribution in [1.82, 2.24) is 19.9 Å². The Kier molecular flexibility index (Phi) is 4.92. The maximum atomic E-state index is 11.8. The van der Waals surface area contributed by atoms with E-state index in [1.165, 1.54) is 23.7 Å². The van der Waals surface area contributed by atoms with Crippen LogP contribution in [0, 0.1) is 0 Å². The number of aromatic nitrogens is 4. The third kappa shape index (κ3) is 3.33. The second-order valence-electron chi connectivity index (χ2n) is 7.39. The van der Waals surface area contributed by atoms with Gasteiger partial charge in [0.15, 0.2) is 5.69 Å². The Morgan fingerprint density at radius 1 is 1.20 bits per heavy atom. The first-order chi connectivity index (χ1) is 14.7. The maximum Gasteiger partial charge on any atom is 0.358 e. The number of hydrogen-bond donors (Lipinski definition) is 0. The molecule has 0 unspecified atom stereocenters. The molecular formula is C21H21N5O3S. The molecule has 9 heteroatoms. The zero-order valence-corrected chi connectivity index (χ0v) is 17.4. The van der Waals surface area contributed by atoms with E-state index in [0.29, 0.717) is 5.82 Å². The van der Waals surface area contributed by atoms with E-state index in [-0.39, 0.29) is 11.3 Å². The van der Waals surface area contributed by atoms with Gasteiger partial charge in [0.25, 0.3) is 0 Å². The third-order valence-corrected chi connectivity index (χ3v) is 7.08. The highest BCUT2D eigenvalue weighted by Gasteiger charge is 2.42. The molecule has 5 rings (SSSR count). The fourth-order valence-corrected chi connectivity index (χ4v) is 5.53. The number of anilines is 1. The molecule has 0 N–H and O–H groups in total. The fourth-order valence-electron chi connectivity index (χ4n) is 4.15. The van der Waals surface area contributed by atoms with Crippen molar-refractivity contribution < 1.29 is 14.3 Å². The number of carbonyl (C=O) groups is 1. The van der Waals surface area contributed by atoms with Gasteiger partial charge in [-0.15, -0.1) is 11.3 Å². The number of esters is 1. The molecule has 0 amide bonds. The predicted octanol–water partition coefficient (Wildman–Crippen LogP) is 2.85. The fraction of sp³-hybridized carbons (Fsp3) is 0.381. The Hall–Kier alpha value is -2.91. The van der Waals surface area contributed by atoms with Crippen LogP contribution in [0.15, 0.2) is 37.1 Å². The summed E-state index contributed by atoms with van der Waals surface area (Å²) in [5.41, 5.74) is 2.20. The van der Waals surface area contributed by atoms with Crippen LogP contribution in [0.5, 0.6) is 0 Å². The molecule has 0 aromatic carbocycles. The average molecular weight is 423 g/mol. The lowest BCUT2D eigenvalue weighted by molar-refractivity contribution is -0.0735. The first-order valence-electron chi connectivity index (χ1n) is 9.87. The van der Waals surface area contributed by atoms with Gasteiger partial charge < -0.3 is 14.4 Å². The molecule has 30 heavy (non-hydrogen) atoms. The summed E-state index contributed by atoms with van der Waals surface area (Å²) in [5.74, 6) is 0.212. The van der Waals surface area contributed by atoms with Gasteiger partial charge in [-0.05, 0) is 30.9 Å². The lowest BCUT2D eigenvalue weighted by atomic mass is 9.85. The van der Waals surface area contributed by atoms with E-state index in [4.69, 9.17) is 9.47 Å². The first kappa shape index (κ1) is 19.1. The van der Waals surface area contributed by atoms with Crippen molar-refractivity contribution >= 4 is 23.1 Å². The largest absolute Gasteiger partial charge is 0.464 e. The first-order valence-corrected chi connectivity index (χ1v) is 10.7. The monoisotopic (exact) mass is 423 g/mol. The Bertz CT molecular complexity index is 1060. The van der Waals surface area contributed by atoms with Gasteiger partial charge >= 0.3 is 5.97 Å². The molecule has 0 aliphatic carbocycles. The summed E-state index contributed by atoms with van der Waals surface area (Å²) in [5, 5.41) is 0. The van der Waals surface area contributed by atoms with E-state index in [2.05, 4.69) is 30.9 Å². The van der Waals surface area contributed by atoms with Crippen LogP contribution in [0.25, 0.3) is 10.6 Å². The smallest absolute Gasteiger partial charge is 0.358 e. The van der Waals surface area contributed by atoms with Gasteiger partial charge in [0, 0.05) is 30.4 Å². The second-order valence-corrected chi connectivity index (χ2v) is 8.44. The quantitative estimate of drug-likeness (QED) is 0.594. The van der Waals surface area contributed by atoms with Crippen molar-refractivity contribution in [2.75, 3.05) is 31.7 Å². The van der Waals surface area contributed by atoms with E-state index >= 15 is 0 Å². The summed E-state index contributed by atoms with van der Waals surface area (Å²) < 4.78 is 11.1. The van der Waals surface area contributed by atoms with Crippen LogP contribution in [0.1, 0.15) is 33.8 Å². The molecule has 1 spiro atoms. The molecule has 1 saturated heterocycles. The molecule has 2 aliphatic heterocycles. The summed E-state index contributed by atoms with van der Waals surface area (Å²) in [6.45, 7) is 2.27. The van der Waals surface area contributed by atoms with Crippen LogP contribution in [0.3, 0.4) is 0 Å². The lowest BCUT2D eigenvalue weighted by Crippen LogP contribution is -2.46. The minimum atomic E-state index is -0.479. The summed E-state index contributed by atoms with van der Waals surface area (Å²) >= 11 is 1.76. The highest BCUT2D eigenvalue weighted by atomic mass is 32.1. The molecule has 0 bridgehead atoms. The average Bonchev–Trinajstić information content (AvgIpc) is 3.26. The Labute approximate surface area is 177 Å². The van der Waals surface area contributed by atoms with Crippen molar-refractivity contribution in [2.24, 2.45) is 0 Å². The van der Waals surface area contributed by atoms with Crippen LogP contribution >= 0.6 is 11.3 Å². The van der Waals surface area contributed by atoms with Gasteiger partial charge in [-0.2, -0.15) is 0 Å². The van der Waals surface area contributed by atoms with Crippen LogP contribution in [0.4, 0.5) is 5.82 Å². The van der Waals surface area contributed by atoms with Crippen molar-refractivity contribution in [1.29, 1.82) is 0 Å². The zero-order valence-electron chi connectivity index (χ0n) is 16.6. The SMILES string of the molecule is COC(=O)c1cncc(N2CCC3(CC2)OCCc2cc(-c4cnccn4)sc23)n1. The number of methoxy groups -OCH3 is 1. The molecule has 154 valence electrons. The van der Waals surface area contributed by atoms with E-state index in [1.54, 1.807) is 36.1 Å². The predicted molar refractivity (Wildman–Crippen MR) is 111 cm³/mol. The molecule has 0 atom stereocenters. The van der Waals surface area contributed by atoms with E-state index < -0.39 is 5.97 Å². The number of piperidine rings is 1. The minimum Gasteiger partial charge on any atom is -0.464 e. The normalized spacial score (nSPS) is 17.6. The highest BCUT2D eigenvalue weighted by molar-refractivity contribution is 7.15. The van der Waals surface area contributed by atoms with Gasteiger partial charge in [-0.1, -0.05) is 0 Å². The van der Waals surface area contributed by atoms with Crippen molar-refractivity contribution in [2.45, 2.75) is 24.9 Å². The van der Waals surface area contributed by atoms with Gasteiger partial charge in [0.05, 0.1) is 42.9 Å². The highest BCUT2D eigenvalue weighted by Crippen LogP contribution is 2.47. The Morgan fingerprint density at radius 2 is 2.07 bits per heavy atom. The molecule has 3 aromatic heterocycles. The molecule has 3 aromatic rings. The minimum absolute atomic E-state index is 0.221. The number of rotatable bonds is 3. The summed E-state index contributed by atoms with van der Waals surface area (Å²) in [4.78, 5) is 33.6. The molecule has 5 heterocycles. The van der Waals surface area contributed by atoms with Crippen molar-refractivity contribution in [3.8, 4) is 10.6 Å². The van der Waals surface area contributed by atoms with Crippen molar-refractivity contribution in [3.05, 3.63) is 53.2 Å². The molecular weight excluding hydrogens is 402 g/mol. The number of thiophene rings is 1.